The zero-order valence-electron chi connectivity index (χ0n) is 14.3. The van der Waals surface area contributed by atoms with Gasteiger partial charge in [-0.15, -0.1) is 24.0 Å². The first-order valence-electron chi connectivity index (χ1n) is 8.10. The fourth-order valence-corrected chi connectivity index (χ4v) is 2.49. The fourth-order valence-electron chi connectivity index (χ4n) is 2.49. The van der Waals surface area contributed by atoms with Crippen LogP contribution >= 0.6 is 24.0 Å². The van der Waals surface area contributed by atoms with Crippen LogP contribution in [0.1, 0.15) is 30.9 Å². The summed E-state index contributed by atoms with van der Waals surface area (Å²) in [6.07, 6.45) is 1.24. The summed E-state index contributed by atoms with van der Waals surface area (Å²) in [6, 6.07) is 5.00. The van der Waals surface area contributed by atoms with Gasteiger partial charge in [-0.3, -0.25) is 0 Å². The summed E-state index contributed by atoms with van der Waals surface area (Å²) in [4.78, 5) is 4.50. The van der Waals surface area contributed by atoms with Gasteiger partial charge in [0, 0.05) is 39.1 Å². The number of hydrogen-bond acceptors (Lipinski definition) is 3. The van der Waals surface area contributed by atoms with E-state index in [4.69, 9.17) is 4.74 Å². The van der Waals surface area contributed by atoms with E-state index in [2.05, 4.69) is 15.6 Å². The summed E-state index contributed by atoms with van der Waals surface area (Å²) >= 11 is 0. The van der Waals surface area contributed by atoms with Crippen LogP contribution < -0.4 is 10.6 Å². The Labute approximate surface area is 160 Å². The summed E-state index contributed by atoms with van der Waals surface area (Å²) in [5, 5.41) is 16.8. The molecule has 2 rings (SSSR count). The van der Waals surface area contributed by atoms with E-state index in [9.17, 15) is 9.50 Å². The van der Waals surface area contributed by atoms with Crippen molar-refractivity contribution in [2.75, 3.05) is 26.3 Å². The maximum Gasteiger partial charge on any atom is 0.191 e. The monoisotopic (exact) mass is 451 g/mol. The summed E-state index contributed by atoms with van der Waals surface area (Å²) in [7, 11) is 0. The molecule has 3 N–H and O–H groups in total. The van der Waals surface area contributed by atoms with Gasteiger partial charge in [-0.1, -0.05) is 12.1 Å². The molecule has 0 bridgehead atoms. The zero-order chi connectivity index (χ0) is 16.7. The zero-order valence-corrected chi connectivity index (χ0v) is 16.6. The molecule has 1 aliphatic rings. The van der Waals surface area contributed by atoms with Gasteiger partial charge in [0.1, 0.15) is 5.82 Å². The Morgan fingerprint density at radius 3 is 2.67 bits per heavy atom. The van der Waals surface area contributed by atoms with Gasteiger partial charge in [0.25, 0.3) is 0 Å². The Morgan fingerprint density at radius 2 is 2.04 bits per heavy atom. The summed E-state index contributed by atoms with van der Waals surface area (Å²) in [6.45, 7) is 6.52. The lowest BCUT2D eigenvalue weighted by molar-refractivity contribution is -0.0594. The predicted octanol–water partition coefficient (Wildman–Crippen LogP) is 2.35. The van der Waals surface area contributed by atoms with Gasteiger partial charge in [0.05, 0.1) is 12.1 Å². The maximum absolute atomic E-state index is 13.3. The number of rotatable bonds is 5. The van der Waals surface area contributed by atoms with Crippen LogP contribution in [-0.4, -0.2) is 43.0 Å². The molecule has 1 aromatic carbocycles. The molecule has 0 spiro atoms. The molecule has 0 saturated carbocycles. The highest BCUT2D eigenvalue weighted by atomic mass is 127. The van der Waals surface area contributed by atoms with E-state index >= 15 is 0 Å². The molecule has 1 heterocycles. The van der Waals surface area contributed by atoms with Crippen molar-refractivity contribution in [3.05, 3.63) is 35.1 Å². The fraction of sp³-hybridized carbons (Fsp3) is 0.588. The third-order valence-corrected chi connectivity index (χ3v) is 3.99. The van der Waals surface area contributed by atoms with Crippen molar-refractivity contribution in [2.45, 2.75) is 38.8 Å². The van der Waals surface area contributed by atoms with Gasteiger partial charge in [0.15, 0.2) is 5.96 Å². The van der Waals surface area contributed by atoms with Crippen LogP contribution in [-0.2, 0) is 11.3 Å². The second-order valence-corrected chi connectivity index (χ2v) is 5.97. The van der Waals surface area contributed by atoms with Crippen molar-refractivity contribution in [3.63, 3.8) is 0 Å². The van der Waals surface area contributed by atoms with E-state index in [1.54, 1.807) is 19.1 Å². The van der Waals surface area contributed by atoms with E-state index in [1.807, 2.05) is 6.92 Å². The Kier molecular flexibility index (Phi) is 8.93. The Bertz CT molecular complexity index is 549. The lowest BCUT2D eigenvalue weighted by atomic mass is 9.94. The number of aryl methyl sites for hydroxylation is 1. The van der Waals surface area contributed by atoms with Crippen LogP contribution in [0.3, 0.4) is 0 Å². The molecule has 0 unspecified atom stereocenters. The number of nitrogens with one attached hydrogen (secondary N) is 2. The van der Waals surface area contributed by atoms with Crippen LogP contribution in [0.2, 0.25) is 0 Å². The van der Waals surface area contributed by atoms with Gasteiger partial charge in [0.2, 0.25) is 0 Å². The van der Waals surface area contributed by atoms with Crippen molar-refractivity contribution in [3.8, 4) is 0 Å². The second kappa shape index (κ2) is 10.1. The molecule has 0 amide bonds. The average Bonchev–Trinajstić information content (AvgIpc) is 2.54. The van der Waals surface area contributed by atoms with Gasteiger partial charge in [-0.2, -0.15) is 0 Å². The first-order valence-corrected chi connectivity index (χ1v) is 8.10. The molecular weight excluding hydrogens is 424 g/mol. The number of ether oxygens (including phenoxy) is 1. The number of hydrogen-bond donors (Lipinski definition) is 3. The maximum atomic E-state index is 13.3. The van der Waals surface area contributed by atoms with E-state index in [0.29, 0.717) is 50.7 Å². The van der Waals surface area contributed by atoms with Crippen molar-refractivity contribution in [2.24, 2.45) is 4.99 Å². The number of guanidine groups is 1. The van der Waals surface area contributed by atoms with Crippen molar-refractivity contribution in [1.82, 2.24) is 10.6 Å². The minimum absolute atomic E-state index is 0. The Morgan fingerprint density at radius 1 is 1.33 bits per heavy atom. The molecule has 1 aliphatic heterocycles. The van der Waals surface area contributed by atoms with E-state index in [1.165, 1.54) is 6.07 Å². The largest absolute Gasteiger partial charge is 0.388 e. The summed E-state index contributed by atoms with van der Waals surface area (Å²) in [5.41, 5.74) is 0.819. The van der Waals surface area contributed by atoms with E-state index in [-0.39, 0.29) is 29.8 Å². The molecule has 1 saturated heterocycles. The first-order chi connectivity index (χ1) is 11.0. The number of benzene rings is 1. The van der Waals surface area contributed by atoms with Crippen molar-refractivity contribution < 1.29 is 14.2 Å². The minimum atomic E-state index is -0.749. The Hall–Kier alpha value is -0.930. The Balaban J connectivity index is 0.00000288. The molecule has 0 aliphatic carbocycles. The molecule has 0 atom stereocenters. The SMILES string of the molecule is CCNC(=NCc1ccc(F)c(C)c1)NCC1(O)CCOCC1.I. The standard InChI is InChI=1S/C17H26FN3O2.HI/c1-3-19-16(21-12-17(22)6-8-23-9-7-17)20-11-14-4-5-15(18)13(2)10-14;/h4-5,10,22H,3,6-9,11-12H2,1-2H3,(H2,19,20,21);1H. The number of aliphatic imine (C=N–C) groups is 1. The molecule has 7 heteroatoms. The van der Waals surface area contributed by atoms with Crippen LogP contribution in [0.15, 0.2) is 23.2 Å². The van der Waals surface area contributed by atoms with E-state index < -0.39 is 5.60 Å². The average molecular weight is 451 g/mol. The number of nitrogens with zero attached hydrogens (tertiary/aromatic N) is 1. The third-order valence-electron chi connectivity index (χ3n) is 3.99. The quantitative estimate of drug-likeness (QED) is 0.366. The normalized spacial score (nSPS) is 17.1. The first kappa shape index (κ1) is 21.1. The molecule has 0 radical (unpaired) electrons. The molecule has 136 valence electrons. The highest BCUT2D eigenvalue weighted by molar-refractivity contribution is 14.0. The smallest absolute Gasteiger partial charge is 0.191 e. The van der Waals surface area contributed by atoms with Gasteiger partial charge >= 0.3 is 0 Å². The van der Waals surface area contributed by atoms with Crippen molar-refractivity contribution >= 4 is 29.9 Å². The number of halogens is 2. The highest BCUT2D eigenvalue weighted by Crippen LogP contribution is 2.19. The van der Waals surface area contributed by atoms with Crippen LogP contribution in [0.5, 0.6) is 0 Å². The number of aliphatic hydroxyl groups is 1. The predicted molar refractivity (Wildman–Crippen MR) is 104 cm³/mol. The van der Waals surface area contributed by atoms with Crippen LogP contribution in [0, 0.1) is 12.7 Å². The highest BCUT2D eigenvalue weighted by Gasteiger charge is 2.29. The molecule has 5 nitrogen and oxygen atoms in total. The molecule has 24 heavy (non-hydrogen) atoms. The molecule has 1 aromatic rings. The molecule has 1 fully saturated rings. The van der Waals surface area contributed by atoms with Crippen molar-refractivity contribution in [1.29, 1.82) is 0 Å². The van der Waals surface area contributed by atoms with E-state index in [0.717, 1.165) is 12.1 Å². The lowest BCUT2D eigenvalue weighted by Crippen LogP contribution is -2.49. The molecule has 0 aromatic heterocycles. The van der Waals surface area contributed by atoms with Gasteiger partial charge < -0.3 is 20.5 Å². The summed E-state index contributed by atoms with van der Waals surface area (Å²) in [5.74, 6) is 0.443. The topological polar surface area (TPSA) is 65.9 Å². The van der Waals surface area contributed by atoms with Gasteiger partial charge in [-0.05, 0) is 31.0 Å². The third kappa shape index (κ3) is 6.52. The molecular formula is C17H27FIN3O2. The van der Waals surface area contributed by atoms with Crippen LogP contribution in [0.4, 0.5) is 4.39 Å². The van der Waals surface area contributed by atoms with Gasteiger partial charge in [-0.25, -0.2) is 9.38 Å². The summed E-state index contributed by atoms with van der Waals surface area (Å²) < 4.78 is 18.6. The second-order valence-electron chi connectivity index (χ2n) is 5.97. The lowest BCUT2D eigenvalue weighted by Gasteiger charge is -2.32. The van der Waals surface area contributed by atoms with Crippen LogP contribution in [0.25, 0.3) is 0 Å². The minimum Gasteiger partial charge on any atom is -0.388 e.